The Morgan fingerprint density at radius 3 is 3.00 bits per heavy atom. The molecule has 4 rings (SSSR count). The minimum absolute atomic E-state index is 0.416. The van der Waals surface area contributed by atoms with E-state index in [2.05, 4.69) is 16.3 Å². The number of aromatic amines is 1. The molecule has 0 amide bonds. The number of nitrogens with one attached hydrogen (secondary N) is 1. The number of rotatable bonds is 3. The second-order valence-corrected chi connectivity index (χ2v) is 7.09. The minimum Gasteiger partial charge on any atom is -0.491 e. The molecule has 8 heteroatoms. The number of nitrogens with zero attached hydrogens (tertiary/aromatic N) is 4. The van der Waals surface area contributed by atoms with Crippen LogP contribution in [0.1, 0.15) is 29.8 Å². The summed E-state index contributed by atoms with van der Waals surface area (Å²) in [6.07, 6.45) is 3.59. The van der Waals surface area contributed by atoms with E-state index < -0.39 is 11.4 Å². The normalized spacial score (nSPS) is 12.9. The number of benzene rings is 1. The molecule has 28 heavy (non-hydrogen) atoms. The van der Waals surface area contributed by atoms with E-state index in [0.717, 1.165) is 22.6 Å². The number of fused-ring (bicyclic) bond motifs is 3. The molecule has 3 aromatic rings. The molecule has 0 fully saturated rings. The molecular formula is C20H19N5O3. The summed E-state index contributed by atoms with van der Waals surface area (Å²) in [5.41, 5.74) is 2.74. The number of imidazole rings is 1. The summed E-state index contributed by atoms with van der Waals surface area (Å²) in [7, 11) is 1.35. The van der Waals surface area contributed by atoms with Gasteiger partial charge in [-0.05, 0) is 32.0 Å². The molecule has 1 aliphatic heterocycles. The Morgan fingerprint density at radius 2 is 2.25 bits per heavy atom. The Bertz CT molecular complexity index is 1100. The van der Waals surface area contributed by atoms with Crippen molar-refractivity contribution >= 4 is 5.97 Å². The zero-order valence-corrected chi connectivity index (χ0v) is 15.8. The summed E-state index contributed by atoms with van der Waals surface area (Å²) >= 11 is 0. The first kappa shape index (κ1) is 17.8. The van der Waals surface area contributed by atoms with Gasteiger partial charge in [-0.1, -0.05) is 0 Å². The number of hydrogen-bond donors (Lipinski definition) is 1. The summed E-state index contributed by atoms with van der Waals surface area (Å²) in [6, 6.07) is 7.48. The van der Waals surface area contributed by atoms with Gasteiger partial charge in [0, 0.05) is 11.8 Å². The Hall–Kier alpha value is -3.60. The number of aromatic nitrogens is 4. The van der Waals surface area contributed by atoms with Crippen molar-refractivity contribution in [3.05, 3.63) is 41.7 Å². The molecule has 2 aromatic heterocycles. The molecule has 0 atom stereocenters. The van der Waals surface area contributed by atoms with Crippen LogP contribution >= 0.6 is 0 Å². The molecule has 0 unspecified atom stereocenters. The Morgan fingerprint density at radius 1 is 1.43 bits per heavy atom. The largest absolute Gasteiger partial charge is 0.491 e. The summed E-state index contributed by atoms with van der Waals surface area (Å²) < 4.78 is 12.6. The highest BCUT2D eigenvalue weighted by atomic mass is 16.5. The van der Waals surface area contributed by atoms with Gasteiger partial charge in [-0.2, -0.15) is 10.4 Å². The van der Waals surface area contributed by atoms with Crippen LogP contribution in [0, 0.1) is 11.3 Å². The fourth-order valence-electron chi connectivity index (χ4n) is 3.26. The highest BCUT2D eigenvalue weighted by molar-refractivity contribution is 5.91. The van der Waals surface area contributed by atoms with Gasteiger partial charge in [0.05, 0.1) is 48.2 Å². The molecule has 0 bridgehead atoms. The van der Waals surface area contributed by atoms with Crippen LogP contribution in [0.2, 0.25) is 0 Å². The molecule has 0 spiro atoms. The lowest BCUT2D eigenvalue weighted by molar-refractivity contribution is 0.0600. The van der Waals surface area contributed by atoms with Crippen molar-refractivity contribution in [3.63, 3.8) is 0 Å². The highest BCUT2D eigenvalue weighted by Gasteiger charge is 2.28. The third-order valence-electron chi connectivity index (χ3n) is 4.86. The van der Waals surface area contributed by atoms with Gasteiger partial charge in [0.1, 0.15) is 23.9 Å². The molecule has 0 saturated heterocycles. The predicted molar refractivity (Wildman–Crippen MR) is 101 cm³/mol. The zero-order valence-electron chi connectivity index (χ0n) is 15.8. The van der Waals surface area contributed by atoms with Crippen molar-refractivity contribution in [2.45, 2.75) is 25.8 Å². The lowest BCUT2D eigenvalue weighted by atomic mass is 9.86. The molecule has 0 aliphatic carbocycles. The molecule has 3 heterocycles. The second kappa shape index (κ2) is 6.53. The van der Waals surface area contributed by atoms with Gasteiger partial charge in [-0.15, -0.1) is 0 Å². The first-order valence-corrected chi connectivity index (χ1v) is 8.83. The molecule has 8 nitrogen and oxygen atoms in total. The first-order valence-electron chi connectivity index (χ1n) is 8.83. The number of ether oxygens (including phenoxy) is 2. The van der Waals surface area contributed by atoms with Crippen LogP contribution in [0.5, 0.6) is 5.75 Å². The van der Waals surface area contributed by atoms with Crippen LogP contribution in [0.4, 0.5) is 0 Å². The number of esters is 1. The lowest BCUT2D eigenvalue weighted by Crippen LogP contribution is -2.14. The van der Waals surface area contributed by atoms with E-state index in [0.29, 0.717) is 30.2 Å². The van der Waals surface area contributed by atoms with Crippen molar-refractivity contribution in [2.75, 3.05) is 13.7 Å². The van der Waals surface area contributed by atoms with Gasteiger partial charge in [0.25, 0.3) is 0 Å². The van der Waals surface area contributed by atoms with Crippen LogP contribution in [0.15, 0.2) is 30.6 Å². The highest BCUT2D eigenvalue weighted by Crippen LogP contribution is 2.36. The molecule has 0 radical (unpaired) electrons. The van der Waals surface area contributed by atoms with Crippen molar-refractivity contribution < 1.29 is 14.3 Å². The van der Waals surface area contributed by atoms with E-state index in [1.165, 1.54) is 7.11 Å². The Kier molecular flexibility index (Phi) is 4.15. The first-order chi connectivity index (χ1) is 13.4. The van der Waals surface area contributed by atoms with Crippen LogP contribution in [-0.4, -0.2) is 39.4 Å². The fraction of sp³-hybridized carbons (Fsp3) is 0.300. The monoisotopic (exact) mass is 377 g/mol. The van der Waals surface area contributed by atoms with Gasteiger partial charge in [0.15, 0.2) is 0 Å². The van der Waals surface area contributed by atoms with Crippen molar-refractivity contribution in [3.8, 4) is 34.6 Å². The van der Waals surface area contributed by atoms with Crippen molar-refractivity contribution in [1.82, 2.24) is 19.7 Å². The van der Waals surface area contributed by atoms with Gasteiger partial charge in [0.2, 0.25) is 0 Å². The van der Waals surface area contributed by atoms with Gasteiger partial charge in [-0.25, -0.2) is 9.78 Å². The van der Waals surface area contributed by atoms with Crippen LogP contribution in [0.25, 0.3) is 22.8 Å². The van der Waals surface area contributed by atoms with E-state index >= 15 is 0 Å². The third-order valence-corrected chi connectivity index (χ3v) is 4.86. The summed E-state index contributed by atoms with van der Waals surface area (Å²) in [4.78, 5) is 16.6. The Balaban J connectivity index is 1.81. The van der Waals surface area contributed by atoms with E-state index in [-0.39, 0.29) is 0 Å². The summed E-state index contributed by atoms with van der Waals surface area (Å²) in [5.74, 6) is 0.899. The maximum Gasteiger partial charge on any atom is 0.337 e. The van der Waals surface area contributed by atoms with Crippen LogP contribution in [0.3, 0.4) is 0 Å². The van der Waals surface area contributed by atoms with E-state index in [4.69, 9.17) is 14.5 Å². The standard InChI is InChI=1S/C20H19N5O3/c1-20(2,11-21)14-9-22-24-17(14)15-10-25-6-7-28-16-8-12(19(26)27-3)4-5-13(16)18(25)23-15/h4-5,8-10H,6-7H2,1-3H3,(H,22,24). The van der Waals surface area contributed by atoms with Crippen molar-refractivity contribution in [1.29, 1.82) is 5.26 Å². The second-order valence-electron chi connectivity index (χ2n) is 7.09. The molecule has 1 aliphatic rings. The molecule has 0 saturated carbocycles. The maximum absolute atomic E-state index is 11.8. The number of carbonyl (C=O) groups excluding carboxylic acids is 1. The maximum atomic E-state index is 11.8. The quantitative estimate of drug-likeness (QED) is 0.704. The predicted octanol–water partition coefficient (Wildman–Crippen LogP) is 2.92. The SMILES string of the molecule is COC(=O)c1ccc2c(c1)OCCn1cc(-c3[nH]ncc3C(C)(C)C#N)nc1-2. The molecule has 142 valence electrons. The van der Waals surface area contributed by atoms with Crippen LogP contribution in [-0.2, 0) is 16.7 Å². The number of hydrogen-bond acceptors (Lipinski definition) is 6. The smallest absolute Gasteiger partial charge is 0.337 e. The van der Waals surface area contributed by atoms with Crippen molar-refractivity contribution in [2.24, 2.45) is 0 Å². The van der Waals surface area contributed by atoms with E-state index in [1.54, 1.807) is 18.3 Å². The average molecular weight is 377 g/mol. The summed E-state index contributed by atoms with van der Waals surface area (Å²) in [6.45, 7) is 4.75. The number of nitriles is 1. The molecular weight excluding hydrogens is 358 g/mol. The number of H-pyrrole nitrogens is 1. The van der Waals surface area contributed by atoms with E-state index in [9.17, 15) is 10.1 Å². The summed E-state index contributed by atoms with van der Waals surface area (Å²) in [5, 5.41) is 16.6. The zero-order chi connectivity index (χ0) is 19.9. The van der Waals surface area contributed by atoms with Crippen LogP contribution < -0.4 is 4.74 Å². The van der Waals surface area contributed by atoms with Gasteiger partial charge in [-0.3, -0.25) is 5.10 Å². The fourth-order valence-corrected chi connectivity index (χ4v) is 3.26. The minimum atomic E-state index is -0.695. The Labute approximate surface area is 161 Å². The molecule has 1 aromatic carbocycles. The number of methoxy groups -OCH3 is 1. The topological polar surface area (TPSA) is 106 Å². The van der Waals surface area contributed by atoms with E-state index in [1.807, 2.05) is 30.7 Å². The third kappa shape index (κ3) is 2.81. The molecule has 1 N–H and O–H groups in total. The average Bonchev–Trinajstić information content (AvgIpc) is 3.32. The number of carbonyl (C=O) groups is 1. The van der Waals surface area contributed by atoms with Gasteiger partial charge >= 0.3 is 5.97 Å². The van der Waals surface area contributed by atoms with Gasteiger partial charge < -0.3 is 14.0 Å². The lowest BCUT2D eigenvalue weighted by Gasteiger charge is -2.14.